The van der Waals surface area contributed by atoms with Gasteiger partial charge in [-0.1, -0.05) is 65.3 Å². The molecule has 0 unspecified atom stereocenters. The second-order valence-electron chi connectivity index (χ2n) is 8.18. The zero-order valence-electron chi connectivity index (χ0n) is 20.4. The first-order valence-corrected chi connectivity index (χ1v) is 13.0. The summed E-state index contributed by atoms with van der Waals surface area (Å²) in [6, 6.07) is 28.2. The third-order valence-electron chi connectivity index (χ3n) is 5.38. The van der Waals surface area contributed by atoms with Gasteiger partial charge in [0.2, 0.25) is 0 Å². The largest absolute Gasteiger partial charge is 0.508 e. The number of amidine groups is 1. The van der Waals surface area contributed by atoms with Crippen LogP contribution in [0.5, 0.6) is 17.2 Å². The van der Waals surface area contributed by atoms with Crippen LogP contribution in [0.25, 0.3) is 0 Å². The van der Waals surface area contributed by atoms with Crippen LogP contribution in [0.1, 0.15) is 11.1 Å². The van der Waals surface area contributed by atoms with E-state index in [2.05, 4.69) is 4.90 Å². The number of methoxy groups -OCH3 is 2. The van der Waals surface area contributed by atoms with Gasteiger partial charge in [0, 0.05) is 28.0 Å². The van der Waals surface area contributed by atoms with Gasteiger partial charge in [0.05, 0.1) is 19.9 Å². The highest BCUT2D eigenvalue weighted by Gasteiger charge is 2.17. The van der Waals surface area contributed by atoms with Crippen LogP contribution >= 0.6 is 35.0 Å². The first kappa shape index (κ1) is 26.7. The Bertz CT molecular complexity index is 1380. The lowest BCUT2D eigenvalue weighted by molar-refractivity contribution is 0.402. The summed E-state index contributed by atoms with van der Waals surface area (Å²) in [5.41, 5.74) is 2.61. The predicted octanol–water partition coefficient (Wildman–Crippen LogP) is 8.20. The Kier molecular flexibility index (Phi) is 9.23. The monoisotopic (exact) mass is 552 g/mol. The number of halogens is 2. The molecule has 1 N–H and O–H groups in total. The Morgan fingerprint density at radius 2 is 1.38 bits per heavy atom. The second-order valence-corrected chi connectivity index (χ2v) is 10.1. The van der Waals surface area contributed by atoms with Crippen LogP contribution in [0, 0.1) is 0 Å². The molecule has 0 aromatic heterocycles. The minimum Gasteiger partial charge on any atom is -0.508 e. The van der Waals surface area contributed by atoms with Crippen molar-refractivity contribution in [2.45, 2.75) is 18.0 Å². The van der Waals surface area contributed by atoms with Crippen LogP contribution in [0.4, 0.5) is 5.69 Å². The van der Waals surface area contributed by atoms with Gasteiger partial charge in [0.1, 0.15) is 17.2 Å². The van der Waals surface area contributed by atoms with E-state index < -0.39 is 0 Å². The summed E-state index contributed by atoms with van der Waals surface area (Å²) >= 11 is 14.1. The highest BCUT2D eigenvalue weighted by atomic mass is 35.5. The van der Waals surface area contributed by atoms with Gasteiger partial charge >= 0.3 is 0 Å². The van der Waals surface area contributed by atoms with E-state index >= 15 is 0 Å². The van der Waals surface area contributed by atoms with Gasteiger partial charge in [-0.2, -0.15) is 0 Å². The molecule has 0 aliphatic heterocycles. The van der Waals surface area contributed by atoms with Crippen molar-refractivity contribution in [1.82, 2.24) is 4.90 Å². The van der Waals surface area contributed by atoms with Crippen LogP contribution in [-0.4, -0.2) is 29.4 Å². The Hall–Kier alpha value is -3.32. The zero-order valence-corrected chi connectivity index (χ0v) is 22.7. The van der Waals surface area contributed by atoms with Gasteiger partial charge in [-0.3, -0.25) is 0 Å². The number of aromatic hydroxyl groups is 1. The molecule has 8 heteroatoms. The minimum atomic E-state index is 0.208. The Labute approximate surface area is 231 Å². The SMILES string of the molecule is COc1cccc(CN(Cc2cccc(O)c2)C(=Nc2cc(Cl)cc(Cl)c2)Sc2cccc(OC)c2)c1. The lowest BCUT2D eigenvalue weighted by Gasteiger charge is -2.26. The topological polar surface area (TPSA) is 54.3 Å². The molecule has 0 radical (unpaired) electrons. The van der Waals surface area contributed by atoms with E-state index in [1.54, 1.807) is 44.6 Å². The molecule has 4 rings (SSSR count). The fourth-order valence-corrected chi connectivity index (χ4v) is 5.16. The predicted molar refractivity (Wildman–Crippen MR) is 153 cm³/mol. The summed E-state index contributed by atoms with van der Waals surface area (Å²) in [7, 11) is 3.29. The molecule has 0 atom stereocenters. The van der Waals surface area contributed by atoms with E-state index in [0.717, 1.165) is 32.7 Å². The minimum absolute atomic E-state index is 0.208. The molecule has 0 fully saturated rings. The molecule has 0 aliphatic rings. The Balaban J connectivity index is 1.80. The second kappa shape index (κ2) is 12.8. The molecule has 0 bridgehead atoms. The summed E-state index contributed by atoms with van der Waals surface area (Å²) in [4.78, 5) is 8.09. The number of ether oxygens (including phenoxy) is 2. The smallest absolute Gasteiger partial charge is 0.169 e. The fraction of sp³-hybridized carbons (Fsp3) is 0.138. The molecule has 0 spiro atoms. The lowest BCUT2D eigenvalue weighted by atomic mass is 10.1. The fourth-order valence-electron chi connectivity index (χ4n) is 3.70. The molecule has 0 saturated carbocycles. The van der Waals surface area contributed by atoms with Gasteiger partial charge in [0.25, 0.3) is 0 Å². The third-order valence-corrected chi connectivity index (χ3v) is 6.84. The molecule has 37 heavy (non-hydrogen) atoms. The molecule has 0 heterocycles. The van der Waals surface area contributed by atoms with Crippen molar-refractivity contribution in [3.05, 3.63) is 112 Å². The highest BCUT2D eigenvalue weighted by Crippen LogP contribution is 2.32. The molecule has 4 aromatic rings. The van der Waals surface area contributed by atoms with Crippen LogP contribution < -0.4 is 9.47 Å². The number of rotatable bonds is 8. The number of hydrogen-bond donors (Lipinski definition) is 1. The van der Waals surface area contributed by atoms with E-state index in [1.165, 1.54) is 11.8 Å². The van der Waals surface area contributed by atoms with E-state index in [1.807, 2.05) is 60.7 Å². The van der Waals surface area contributed by atoms with Crippen LogP contribution in [0.3, 0.4) is 0 Å². The number of nitrogens with zero attached hydrogens (tertiary/aromatic N) is 2. The van der Waals surface area contributed by atoms with Crippen molar-refractivity contribution in [3.63, 3.8) is 0 Å². The summed E-state index contributed by atoms with van der Waals surface area (Å²) < 4.78 is 10.9. The van der Waals surface area contributed by atoms with Crippen LogP contribution in [0.15, 0.2) is 101 Å². The van der Waals surface area contributed by atoms with Crippen molar-refractivity contribution in [2.75, 3.05) is 14.2 Å². The quantitative estimate of drug-likeness (QED) is 0.135. The average Bonchev–Trinajstić information content (AvgIpc) is 2.87. The van der Waals surface area contributed by atoms with Crippen LogP contribution in [-0.2, 0) is 13.1 Å². The van der Waals surface area contributed by atoms with E-state index in [4.69, 9.17) is 37.7 Å². The summed E-state index contributed by atoms with van der Waals surface area (Å²) in [6.07, 6.45) is 0. The molecular formula is C29H26Cl2N2O3S. The summed E-state index contributed by atoms with van der Waals surface area (Å²) in [5, 5.41) is 11.8. The maximum atomic E-state index is 10.1. The molecule has 0 saturated heterocycles. The number of phenolic OH excluding ortho intramolecular Hbond substituents is 1. The molecule has 4 aromatic carbocycles. The highest BCUT2D eigenvalue weighted by molar-refractivity contribution is 8.13. The first-order valence-electron chi connectivity index (χ1n) is 11.4. The number of benzene rings is 4. The van der Waals surface area contributed by atoms with Crippen LogP contribution in [0.2, 0.25) is 10.0 Å². The standard InChI is InChI=1S/C29H26Cl2N2O3S/c1-35-26-9-4-7-21(13-26)19-33(18-20-6-3-8-25(34)12-20)29(32-24-15-22(30)14-23(31)16-24)37-28-11-5-10-27(17-28)36-2/h3-17,34H,18-19H2,1-2H3. The van der Waals surface area contributed by atoms with Gasteiger partial charge in [-0.25, -0.2) is 4.99 Å². The van der Waals surface area contributed by atoms with Gasteiger partial charge in [-0.15, -0.1) is 0 Å². The number of thioether (sulfide) groups is 1. The summed E-state index contributed by atoms with van der Waals surface area (Å²) in [5.74, 6) is 1.73. The van der Waals surface area contributed by atoms with Crippen molar-refractivity contribution in [2.24, 2.45) is 4.99 Å². The van der Waals surface area contributed by atoms with E-state index in [9.17, 15) is 5.11 Å². The number of hydrogen-bond acceptors (Lipinski definition) is 5. The molecule has 190 valence electrons. The average molecular weight is 554 g/mol. The maximum Gasteiger partial charge on any atom is 0.169 e. The van der Waals surface area contributed by atoms with Gasteiger partial charge in [0.15, 0.2) is 5.17 Å². The van der Waals surface area contributed by atoms with Crippen molar-refractivity contribution < 1.29 is 14.6 Å². The van der Waals surface area contributed by atoms with Gasteiger partial charge < -0.3 is 19.5 Å². The number of phenols is 1. The molecule has 0 aliphatic carbocycles. The number of aliphatic imine (C=N–C) groups is 1. The van der Waals surface area contributed by atoms with E-state index in [-0.39, 0.29) is 5.75 Å². The Morgan fingerprint density at radius 1 is 0.784 bits per heavy atom. The first-order chi connectivity index (χ1) is 17.9. The molecule has 5 nitrogen and oxygen atoms in total. The van der Waals surface area contributed by atoms with Crippen molar-refractivity contribution in [3.8, 4) is 17.2 Å². The third kappa shape index (κ3) is 7.83. The lowest BCUT2D eigenvalue weighted by Crippen LogP contribution is -2.28. The normalized spacial score (nSPS) is 11.3. The van der Waals surface area contributed by atoms with Gasteiger partial charge in [-0.05, 0) is 71.8 Å². The summed E-state index contributed by atoms with van der Waals surface area (Å²) in [6.45, 7) is 1.03. The Morgan fingerprint density at radius 3 is 2.03 bits per heavy atom. The molecule has 0 amide bonds. The van der Waals surface area contributed by atoms with E-state index in [0.29, 0.717) is 28.8 Å². The maximum absolute atomic E-state index is 10.1. The van der Waals surface area contributed by atoms with Crippen molar-refractivity contribution >= 4 is 45.8 Å². The van der Waals surface area contributed by atoms with Crippen molar-refractivity contribution in [1.29, 1.82) is 0 Å². The zero-order chi connectivity index (χ0) is 26.2. The molecular weight excluding hydrogens is 527 g/mol.